The predicted molar refractivity (Wildman–Crippen MR) is 264 cm³/mol. The summed E-state index contributed by atoms with van der Waals surface area (Å²) < 4.78 is 105. The van der Waals surface area contributed by atoms with Crippen LogP contribution in [0.1, 0.15) is 228 Å². The first-order valence-corrected chi connectivity index (χ1v) is 27.7. The molecule has 0 amide bonds. The lowest BCUT2D eigenvalue weighted by atomic mass is 9.17. The summed E-state index contributed by atoms with van der Waals surface area (Å²) in [5, 5.41) is 0. The van der Waals surface area contributed by atoms with Crippen molar-refractivity contribution in [3.8, 4) is 11.1 Å². The standard InChI is InChI=1S/C36H76B.C12H2F8.C5H13P/c1-5-9-13-17-21-25-29-33-37(34-30-26-22-18-14-10-6-2,35-31-27-23-19-15-11-7-3)36-32-28-24-20-16-12-8-4;13-4-2-1-3(6(14)7(4)15)5-8(16)10(18)12(20)11(19)9(5)17;1-3-5-6-4-2/h5-36H2,1-4H3;1-2H;6H,3-5H2,1-2H3/q-1;;/p+1. The largest absolute Gasteiger partial charge is 0.204 e. The van der Waals surface area contributed by atoms with Crippen LogP contribution in [0.5, 0.6) is 0 Å². The Labute approximate surface area is 383 Å². The van der Waals surface area contributed by atoms with Crippen LogP contribution in [0, 0.1) is 46.5 Å². The smallest absolute Gasteiger partial charge is 0.200 e. The van der Waals surface area contributed by atoms with Gasteiger partial charge in [-0.2, -0.15) is 25.3 Å². The fourth-order valence-electron chi connectivity index (χ4n) is 8.97. The highest BCUT2D eigenvalue weighted by Crippen LogP contribution is 2.36. The van der Waals surface area contributed by atoms with E-state index in [0.29, 0.717) is 12.1 Å². The maximum absolute atomic E-state index is 13.4. The molecule has 1 atom stereocenters. The number of halogens is 8. The van der Waals surface area contributed by atoms with Gasteiger partial charge >= 0.3 is 0 Å². The molecule has 2 aromatic carbocycles. The Morgan fingerprint density at radius 2 is 0.635 bits per heavy atom. The van der Waals surface area contributed by atoms with Crippen LogP contribution in [0.3, 0.4) is 0 Å². The molecule has 0 fully saturated rings. The van der Waals surface area contributed by atoms with Crippen LogP contribution in [-0.2, 0) is 0 Å². The lowest BCUT2D eigenvalue weighted by Crippen LogP contribution is -2.34. The summed E-state index contributed by atoms with van der Waals surface area (Å²) in [7, 11) is 0.818. The van der Waals surface area contributed by atoms with E-state index in [2.05, 4.69) is 41.5 Å². The van der Waals surface area contributed by atoms with Gasteiger partial charge in [0, 0.05) is 11.7 Å². The molecule has 0 saturated heterocycles. The molecule has 0 aromatic heterocycles. The van der Waals surface area contributed by atoms with Crippen molar-refractivity contribution in [2.75, 3.05) is 12.3 Å². The minimum Gasteiger partial charge on any atom is -0.204 e. The molecule has 0 aliphatic heterocycles. The third-order valence-corrected chi connectivity index (χ3v) is 14.5. The Hall–Kier alpha value is -1.63. The van der Waals surface area contributed by atoms with E-state index in [1.165, 1.54) is 199 Å². The van der Waals surface area contributed by atoms with Crippen molar-refractivity contribution < 1.29 is 35.1 Å². The maximum atomic E-state index is 13.4. The first-order chi connectivity index (χ1) is 30.4. The summed E-state index contributed by atoms with van der Waals surface area (Å²) in [5.74, 6) is -17.6. The van der Waals surface area contributed by atoms with Gasteiger partial charge in [0.05, 0.1) is 17.9 Å². The van der Waals surface area contributed by atoms with Crippen LogP contribution < -0.4 is 0 Å². The molecule has 0 saturated carbocycles. The molecule has 0 aliphatic rings. The molecular formula is C53H92BF8P. The van der Waals surface area contributed by atoms with Crippen LogP contribution in [0.15, 0.2) is 12.1 Å². The van der Waals surface area contributed by atoms with E-state index >= 15 is 0 Å². The molecule has 63 heavy (non-hydrogen) atoms. The highest BCUT2D eigenvalue weighted by atomic mass is 31.1. The van der Waals surface area contributed by atoms with E-state index in [4.69, 9.17) is 0 Å². The van der Waals surface area contributed by atoms with Crippen LogP contribution in [0.25, 0.3) is 11.1 Å². The number of rotatable bonds is 36. The van der Waals surface area contributed by atoms with Crippen molar-refractivity contribution in [1.29, 1.82) is 0 Å². The highest BCUT2D eigenvalue weighted by molar-refractivity contribution is 7.37. The van der Waals surface area contributed by atoms with Crippen LogP contribution >= 0.6 is 8.58 Å². The molecule has 2 rings (SSSR count). The van der Waals surface area contributed by atoms with Gasteiger partial charge in [0.1, 0.15) is 0 Å². The average Bonchev–Trinajstić information content (AvgIpc) is 3.28. The topological polar surface area (TPSA) is 0 Å². The van der Waals surface area contributed by atoms with Crippen LogP contribution in [-0.4, -0.2) is 18.5 Å². The second-order valence-electron chi connectivity index (χ2n) is 18.5. The number of unbranched alkanes of at least 4 members (excludes halogenated alkanes) is 24. The summed E-state index contributed by atoms with van der Waals surface area (Å²) in [5.41, 5.74) is -2.95. The molecule has 0 aliphatic carbocycles. The SMILES string of the molecule is CCCCCCCCC[B-](CCCCCCCCC)(CCCCCCCCC)CCCCCCCCC.CCC[PH2+]CC.Fc1ccc(-c2c(F)c(F)c(F)c(F)c2F)c(F)c1F. The first-order valence-electron chi connectivity index (χ1n) is 26.1. The first kappa shape index (κ1) is 61.4. The monoisotopic (exact) mass is 923 g/mol. The molecule has 0 heterocycles. The minimum absolute atomic E-state index is 0.120. The normalized spacial score (nSPS) is 11.6. The predicted octanol–water partition coefficient (Wildman–Crippen LogP) is 20.7. The van der Waals surface area contributed by atoms with Gasteiger partial charge < -0.3 is 0 Å². The van der Waals surface area contributed by atoms with Crippen molar-refractivity contribution in [3.05, 3.63) is 58.7 Å². The van der Waals surface area contributed by atoms with Crippen molar-refractivity contribution in [2.24, 2.45) is 0 Å². The van der Waals surface area contributed by atoms with E-state index in [0.717, 1.165) is 8.58 Å². The quantitative estimate of drug-likeness (QED) is 0.0160. The van der Waals surface area contributed by atoms with Gasteiger partial charge in [-0.1, -0.05) is 214 Å². The minimum atomic E-state index is -2.44. The van der Waals surface area contributed by atoms with Crippen molar-refractivity contribution in [3.63, 3.8) is 0 Å². The van der Waals surface area contributed by atoms with Crippen molar-refractivity contribution in [2.45, 2.75) is 253 Å². The summed E-state index contributed by atoms with van der Waals surface area (Å²) in [6.07, 6.45) is 52.0. The maximum Gasteiger partial charge on any atom is 0.200 e. The zero-order valence-electron chi connectivity index (χ0n) is 41.1. The van der Waals surface area contributed by atoms with Crippen LogP contribution in [0.2, 0.25) is 25.3 Å². The average molecular weight is 923 g/mol. The summed E-state index contributed by atoms with van der Waals surface area (Å²) in [6, 6.07) is 0.665. The van der Waals surface area contributed by atoms with Crippen molar-refractivity contribution in [1.82, 2.24) is 0 Å². The zero-order valence-corrected chi connectivity index (χ0v) is 42.2. The van der Waals surface area contributed by atoms with Gasteiger partial charge in [-0.25, -0.2) is 35.1 Å². The van der Waals surface area contributed by atoms with Gasteiger partial charge in [-0.15, -0.1) is 0 Å². The molecule has 0 N–H and O–H groups in total. The van der Waals surface area contributed by atoms with Gasteiger partial charge in [0.15, 0.2) is 40.7 Å². The van der Waals surface area contributed by atoms with E-state index in [1.54, 1.807) is 25.3 Å². The Balaban J connectivity index is 0.00000122. The van der Waals surface area contributed by atoms with Gasteiger partial charge in [-0.3, -0.25) is 0 Å². The second kappa shape index (κ2) is 40.6. The van der Waals surface area contributed by atoms with Gasteiger partial charge in [0.25, 0.3) is 0 Å². The summed E-state index contributed by atoms with van der Waals surface area (Å²) in [4.78, 5) is 0. The van der Waals surface area contributed by atoms with E-state index in [9.17, 15) is 35.1 Å². The molecule has 0 radical (unpaired) electrons. The summed E-state index contributed by atoms with van der Waals surface area (Å²) in [6.45, 7) is 13.9. The highest BCUT2D eigenvalue weighted by Gasteiger charge is 2.29. The zero-order chi connectivity index (χ0) is 47.1. The molecule has 0 spiro atoms. The van der Waals surface area contributed by atoms with Gasteiger partial charge in [0.2, 0.25) is 5.82 Å². The van der Waals surface area contributed by atoms with Crippen molar-refractivity contribution >= 4 is 14.7 Å². The molecule has 1 unspecified atom stereocenters. The number of benzene rings is 2. The Kier molecular flexibility index (Phi) is 39.6. The lowest BCUT2D eigenvalue weighted by molar-refractivity contribution is 0.380. The fourth-order valence-corrected chi connectivity index (χ4v) is 9.79. The summed E-state index contributed by atoms with van der Waals surface area (Å²) >= 11 is 0. The number of hydrogen-bond acceptors (Lipinski definition) is 0. The van der Waals surface area contributed by atoms with E-state index in [1.807, 2.05) is 0 Å². The Bertz CT molecular complexity index is 1280. The third-order valence-electron chi connectivity index (χ3n) is 13.0. The molecule has 0 nitrogen and oxygen atoms in total. The molecule has 2 aromatic rings. The second-order valence-corrected chi connectivity index (χ2v) is 20.5. The third kappa shape index (κ3) is 27.6. The lowest BCUT2D eigenvalue weighted by Gasteiger charge is -2.41. The molecule has 10 heteroatoms. The Morgan fingerprint density at radius 1 is 0.333 bits per heavy atom. The molecular weight excluding hydrogens is 830 g/mol. The Morgan fingerprint density at radius 3 is 0.921 bits per heavy atom. The molecule has 0 bridgehead atoms. The molecule has 368 valence electrons. The van der Waals surface area contributed by atoms with E-state index in [-0.39, 0.29) is 6.15 Å². The van der Waals surface area contributed by atoms with Crippen LogP contribution in [0.4, 0.5) is 35.1 Å². The van der Waals surface area contributed by atoms with E-state index < -0.39 is 57.7 Å². The fraction of sp³-hybridized carbons (Fsp3) is 0.774. The number of hydrogen-bond donors (Lipinski definition) is 0. The van der Waals surface area contributed by atoms with Gasteiger partial charge in [-0.05, 0) is 34.1 Å².